The number of piperazine rings is 2. The van der Waals surface area contributed by atoms with E-state index in [-0.39, 0.29) is 30.7 Å². The number of benzene rings is 2. The van der Waals surface area contributed by atoms with Crippen LogP contribution in [0.15, 0.2) is 48.5 Å². The Morgan fingerprint density at radius 2 is 1.83 bits per heavy atom. The van der Waals surface area contributed by atoms with E-state index in [9.17, 15) is 14.4 Å². The van der Waals surface area contributed by atoms with Crippen molar-refractivity contribution in [2.75, 3.05) is 63.1 Å². The first-order valence-corrected chi connectivity index (χ1v) is 12.0. The van der Waals surface area contributed by atoms with Crippen LogP contribution in [0.3, 0.4) is 0 Å². The highest BCUT2D eigenvalue weighted by Gasteiger charge is 2.35. The van der Waals surface area contributed by atoms with E-state index >= 15 is 0 Å². The minimum Gasteiger partial charge on any atom is -0.497 e. The first-order chi connectivity index (χ1) is 16.9. The van der Waals surface area contributed by atoms with Crippen LogP contribution < -0.4 is 20.3 Å². The Morgan fingerprint density at radius 1 is 1.06 bits per heavy atom. The number of aryl methyl sites for hydroxylation is 1. The summed E-state index contributed by atoms with van der Waals surface area (Å²) in [6.45, 7) is 6.03. The third kappa shape index (κ3) is 6.30. The Hall–Kier alpha value is -3.59. The molecular formula is C26H33N5O4. The fourth-order valence-corrected chi connectivity index (χ4v) is 4.58. The predicted octanol–water partition coefficient (Wildman–Crippen LogP) is 1.48. The van der Waals surface area contributed by atoms with Gasteiger partial charge in [0.15, 0.2) is 0 Å². The van der Waals surface area contributed by atoms with Crippen molar-refractivity contribution in [1.29, 1.82) is 0 Å². The van der Waals surface area contributed by atoms with Gasteiger partial charge in [-0.1, -0.05) is 18.2 Å². The Morgan fingerprint density at radius 3 is 2.57 bits per heavy atom. The summed E-state index contributed by atoms with van der Waals surface area (Å²) in [7, 11) is 1.66. The number of methoxy groups -OCH3 is 1. The topological polar surface area (TPSA) is 94.2 Å². The molecule has 2 heterocycles. The van der Waals surface area contributed by atoms with Crippen molar-refractivity contribution in [1.82, 2.24) is 15.1 Å². The summed E-state index contributed by atoms with van der Waals surface area (Å²) in [5.74, 6) is 0.123. The molecule has 0 spiro atoms. The van der Waals surface area contributed by atoms with Crippen molar-refractivity contribution in [3.63, 3.8) is 0 Å². The number of anilines is 2. The van der Waals surface area contributed by atoms with Crippen molar-refractivity contribution in [3.8, 4) is 5.75 Å². The van der Waals surface area contributed by atoms with Crippen LogP contribution in [0.2, 0.25) is 0 Å². The minimum absolute atomic E-state index is 0.0743. The molecule has 9 nitrogen and oxygen atoms in total. The smallest absolute Gasteiger partial charge is 0.243 e. The quantitative estimate of drug-likeness (QED) is 0.625. The van der Waals surface area contributed by atoms with Crippen LogP contribution in [-0.4, -0.2) is 86.5 Å². The maximum atomic E-state index is 13.2. The van der Waals surface area contributed by atoms with E-state index in [1.54, 1.807) is 18.1 Å². The number of nitrogens with zero attached hydrogens (tertiary/aromatic N) is 3. The van der Waals surface area contributed by atoms with E-state index in [1.807, 2.05) is 43.3 Å². The number of amides is 3. The normalized spacial score (nSPS) is 18.7. The highest BCUT2D eigenvalue weighted by molar-refractivity contribution is 5.97. The van der Waals surface area contributed by atoms with E-state index < -0.39 is 6.04 Å². The fraction of sp³-hybridized carbons (Fsp3) is 0.423. The van der Waals surface area contributed by atoms with Gasteiger partial charge in [-0.25, -0.2) is 0 Å². The first-order valence-electron chi connectivity index (χ1n) is 12.0. The van der Waals surface area contributed by atoms with Crippen molar-refractivity contribution in [2.24, 2.45) is 0 Å². The monoisotopic (exact) mass is 479 g/mol. The lowest BCUT2D eigenvalue weighted by molar-refractivity contribution is -0.145. The van der Waals surface area contributed by atoms with Gasteiger partial charge in [0, 0.05) is 56.7 Å². The number of carbonyl (C=O) groups is 3. The second-order valence-corrected chi connectivity index (χ2v) is 8.98. The molecule has 186 valence electrons. The molecule has 2 aromatic rings. The summed E-state index contributed by atoms with van der Waals surface area (Å²) in [5.41, 5.74) is 2.81. The summed E-state index contributed by atoms with van der Waals surface area (Å²) in [6.07, 6.45) is -0.0743. The molecule has 2 saturated heterocycles. The number of carbonyl (C=O) groups excluding carboxylic acids is 3. The predicted molar refractivity (Wildman–Crippen MR) is 135 cm³/mol. The third-order valence-corrected chi connectivity index (χ3v) is 6.48. The van der Waals surface area contributed by atoms with Gasteiger partial charge in [0.25, 0.3) is 0 Å². The lowest BCUT2D eigenvalue weighted by Gasteiger charge is -2.39. The summed E-state index contributed by atoms with van der Waals surface area (Å²) in [6, 6.07) is 14.6. The van der Waals surface area contributed by atoms with Gasteiger partial charge in [0.05, 0.1) is 20.1 Å². The summed E-state index contributed by atoms with van der Waals surface area (Å²) < 4.78 is 5.32. The Balaban J connectivity index is 1.32. The molecule has 0 aliphatic carbocycles. The van der Waals surface area contributed by atoms with E-state index in [1.165, 1.54) is 0 Å². The molecule has 3 amide bonds. The zero-order valence-corrected chi connectivity index (χ0v) is 20.3. The van der Waals surface area contributed by atoms with Crippen molar-refractivity contribution in [2.45, 2.75) is 19.4 Å². The second-order valence-electron chi connectivity index (χ2n) is 8.98. The average molecular weight is 480 g/mol. The second kappa shape index (κ2) is 11.2. The molecule has 2 aliphatic heterocycles. The van der Waals surface area contributed by atoms with E-state index in [2.05, 4.69) is 26.5 Å². The molecule has 2 aromatic carbocycles. The fourth-order valence-electron chi connectivity index (χ4n) is 4.58. The van der Waals surface area contributed by atoms with Gasteiger partial charge in [0.1, 0.15) is 11.8 Å². The van der Waals surface area contributed by atoms with Crippen molar-refractivity contribution >= 4 is 29.1 Å². The van der Waals surface area contributed by atoms with Gasteiger partial charge >= 0.3 is 0 Å². The number of rotatable bonds is 7. The molecule has 2 N–H and O–H groups in total. The van der Waals surface area contributed by atoms with E-state index in [4.69, 9.17) is 4.74 Å². The van der Waals surface area contributed by atoms with Gasteiger partial charge in [-0.3, -0.25) is 19.3 Å². The maximum Gasteiger partial charge on any atom is 0.243 e. The molecule has 0 saturated carbocycles. The highest BCUT2D eigenvalue weighted by Crippen LogP contribution is 2.22. The molecule has 0 bridgehead atoms. The Bertz CT molecular complexity index is 1070. The zero-order valence-electron chi connectivity index (χ0n) is 20.3. The van der Waals surface area contributed by atoms with Crippen LogP contribution in [-0.2, 0) is 14.4 Å². The average Bonchev–Trinajstić information content (AvgIpc) is 2.85. The van der Waals surface area contributed by atoms with Gasteiger partial charge in [-0.2, -0.15) is 0 Å². The molecular weight excluding hydrogens is 446 g/mol. The van der Waals surface area contributed by atoms with Crippen LogP contribution in [0.5, 0.6) is 5.75 Å². The maximum absolute atomic E-state index is 13.2. The molecule has 1 atom stereocenters. The summed E-state index contributed by atoms with van der Waals surface area (Å²) in [5, 5.41) is 5.63. The Kier molecular flexibility index (Phi) is 7.87. The van der Waals surface area contributed by atoms with Crippen molar-refractivity contribution in [3.05, 3.63) is 54.1 Å². The van der Waals surface area contributed by atoms with Crippen molar-refractivity contribution < 1.29 is 19.1 Å². The van der Waals surface area contributed by atoms with E-state index in [0.717, 1.165) is 43.2 Å². The van der Waals surface area contributed by atoms with Gasteiger partial charge < -0.3 is 25.2 Å². The van der Waals surface area contributed by atoms with Gasteiger partial charge in [-0.05, 0) is 36.8 Å². The van der Waals surface area contributed by atoms with Crippen LogP contribution in [0, 0.1) is 6.92 Å². The number of hydrogen-bond acceptors (Lipinski definition) is 6. The highest BCUT2D eigenvalue weighted by atomic mass is 16.5. The minimum atomic E-state index is -0.806. The molecule has 2 fully saturated rings. The van der Waals surface area contributed by atoms with E-state index in [0.29, 0.717) is 18.8 Å². The molecule has 2 aliphatic rings. The van der Waals surface area contributed by atoms with Crippen LogP contribution in [0.25, 0.3) is 0 Å². The molecule has 0 aromatic heterocycles. The first kappa shape index (κ1) is 24.5. The zero-order chi connectivity index (χ0) is 24.8. The lowest BCUT2D eigenvalue weighted by Crippen LogP contribution is -2.60. The molecule has 4 rings (SSSR count). The van der Waals surface area contributed by atoms with Crippen LogP contribution in [0.1, 0.15) is 12.0 Å². The molecule has 0 radical (unpaired) electrons. The summed E-state index contributed by atoms with van der Waals surface area (Å²) >= 11 is 0. The molecule has 0 unspecified atom stereocenters. The SMILES string of the molecule is COc1cccc(N2CCN(CC(=O)N3CCNC(=O)[C@H]3CC(=O)Nc3cccc(C)c3)CC2)c1. The standard InChI is InChI=1S/C26H33N5O4/c1-19-5-3-6-20(15-19)28-24(32)17-23-26(34)27-9-10-31(23)25(33)18-29-11-13-30(14-12-29)21-7-4-8-22(16-21)35-2/h3-8,15-16,23H,9-14,17-18H2,1-2H3,(H,27,34)(H,28,32)/t23-/m1/s1. The van der Waals surface area contributed by atoms with Crippen LogP contribution in [0.4, 0.5) is 11.4 Å². The number of hydrogen-bond donors (Lipinski definition) is 2. The van der Waals surface area contributed by atoms with Gasteiger partial charge in [0.2, 0.25) is 17.7 Å². The lowest BCUT2D eigenvalue weighted by atomic mass is 10.1. The summed E-state index contributed by atoms with van der Waals surface area (Å²) in [4.78, 5) is 44.4. The molecule has 9 heteroatoms. The van der Waals surface area contributed by atoms with Crippen LogP contribution >= 0.6 is 0 Å². The number of ether oxygens (including phenoxy) is 1. The third-order valence-electron chi connectivity index (χ3n) is 6.48. The number of nitrogens with one attached hydrogen (secondary N) is 2. The molecule has 35 heavy (non-hydrogen) atoms. The largest absolute Gasteiger partial charge is 0.497 e. The Labute approximate surface area is 206 Å². The van der Waals surface area contributed by atoms with Gasteiger partial charge in [-0.15, -0.1) is 0 Å².